The molecule has 1 aliphatic heterocycles. The molecule has 2 rings (SSSR count). The molecule has 0 amide bonds. The number of ether oxygens (including phenoxy) is 1. The van der Waals surface area contributed by atoms with Gasteiger partial charge in [0.05, 0.1) is 6.61 Å². The average molecular weight is 292 g/mol. The van der Waals surface area contributed by atoms with Crippen LogP contribution in [0.2, 0.25) is 0 Å². The lowest BCUT2D eigenvalue weighted by Crippen LogP contribution is -2.39. The fraction of sp³-hybridized carbons (Fsp3) is 0.562. The maximum atomic E-state index is 5.78. The summed E-state index contributed by atoms with van der Waals surface area (Å²) >= 11 is 4.97. The first-order valence-corrected chi connectivity index (χ1v) is 7.67. The molecule has 0 saturated carbocycles. The summed E-state index contributed by atoms with van der Waals surface area (Å²) < 4.78 is 5.78. The zero-order valence-corrected chi connectivity index (χ0v) is 13.2. The highest BCUT2D eigenvalue weighted by atomic mass is 32.1. The maximum Gasteiger partial charge on any atom is 0.119 e. The lowest BCUT2D eigenvalue weighted by atomic mass is 10.0. The molecule has 1 aliphatic rings. The number of nitrogens with two attached hydrogens (primary N) is 1. The third-order valence-electron chi connectivity index (χ3n) is 4.03. The van der Waals surface area contributed by atoms with Crippen LogP contribution >= 0.6 is 12.2 Å². The quantitative estimate of drug-likeness (QED) is 0.646. The van der Waals surface area contributed by atoms with Gasteiger partial charge in [0.25, 0.3) is 0 Å². The second kappa shape index (κ2) is 6.55. The molecule has 110 valence electrons. The van der Waals surface area contributed by atoms with Crippen LogP contribution in [0.5, 0.6) is 5.75 Å². The van der Waals surface area contributed by atoms with Crippen LogP contribution in [0.25, 0.3) is 0 Å². The van der Waals surface area contributed by atoms with Gasteiger partial charge in [-0.3, -0.25) is 4.90 Å². The van der Waals surface area contributed by atoms with Crippen LogP contribution in [-0.4, -0.2) is 35.1 Å². The third kappa shape index (κ3) is 3.93. The molecule has 20 heavy (non-hydrogen) atoms. The number of thiocarbonyl (C=S) groups is 1. The second-order valence-electron chi connectivity index (χ2n) is 6.00. The van der Waals surface area contributed by atoms with E-state index in [1.807, 2.05) is 24.3 Å². The monoisotopic (exact) mass is 292 g/mol. The Morgan fingerprint density at radius 2 is 2.25 bits per heavy atom. The van der Waals surface area contributed by atoms with Gasteiger partial charge in [0.2, 0.25) is 0 Å². The van der Waals surface area contributed by atoms with Crippen LogP contribution < -0.4 is 10.5 Å². The van der Waals surface area contributed by atoms with Gasteiger partial charge in [-0.25, -0.2) is 0 Å². The van der Waals surface area contributed by atoms with Crippen LogP contribution in [0, 0.1) is 0 Å². The summed E-state index contributed by atoms with van der Waals surface area (Å²) in [4.78, 5) is 2.97. The van der Waals surface area contributed by atoms with Crippen molar-refractivity contribution in [2.75, 3.05) is 19.7 Å². The van der Waals surface area contributed by atoms with Crippen LogP contribution in [0.1, 0.15) is 38.7 Å². The van der Waals surface area contributed by atoms with Crippen molar-refractivity contribution in [1.82, 2.24) is 4.90 Å². The minimum atomic E-state index is 0.353. The average Bonchev–Trinajstić information content (AvgIpc) is 2.74. The summed E-state index contributed by atoms with van der Waals surface area (Å²) in [5.74, 6) is 0.844. The van der Waals surface area contributed by atoms with Crippen LogP contribution in [0.15, 0.2) is 24.3 Å². The summed E-state index contributed by atoms with van der Waals surface area (Å²) in [6.45, 7) is 7.69. The van der Waals surface area contributed by atoms with Gasteiger partial charge < -0.3 is 10.5 Å². The Balaban J connectivity index is 1.76. The molecule has 0 aliphatic carbocycles. The van der Waals surface area contributed by atoms with Gasteiger partial charge in [-0.1, -0.05) is 24.4 Å². The highest BCUT2D eigenvalue weighted by molar-refractivity contribution is 7.80. The fourth-order valence-electron chi connectivity index (χ4n) is 2.76. The van der Waals surface area contributed by atoms with Crippen molar-refractivity contribution in [3.63, 3.8) is 0 Å². The molecular weight excluding hydrogens is 268 g/mol. The van der Waals surface area contributed by atoms with Crippen molar-refractivity contribution in [2.24, 2.45) is 5.73 Å². The first kappa shape index (κ1) is 15.3. The lowest BCUT2D eigenvalue weighted by molar-refractivity contribution is 0.160. The number of rotatable bonds is 6. The zero-order valence-electron chi connectivity index (χ0n) is 12.4. The molecule has 0 aromatic heterocycles. The van der Waals surface area contributed by atoms with E-state index in [0.717, 1.165) is 30.9 Å². The number of hydrogen-bond donors (Lipinski definition) is 1. The smallest absolute Gasteiger partial charge is 0.119 e. The van der Waals surface area contributed by atoms with E-state index in [0.29, 0.717) is 10.5 Å². The number of nitrogens with zero attached hydrogens (tertiary/aromatic N) is 1. The van der Waals surface area contributed by atoms with E-state index in [1.54, 1.807) is 0 Å². The molecule has 1 aromatic rings. The van der Waals surface area contributed by atoms with E-state index in [1.165, 1.54) is 19.4 Å². The number of benzene rings is 1. The van der Waals surface area contributed by atoms with Gasteiger partial charge in [0.15, 0.2) is 0 Å². The van der Waals surface area contributed by atoms with Gasteiger partial charge >= 0.3 is 0 Å². The highest BCUT2D eigenvalue weighted by Crippen LogP contribution is 2.27. The minimum absolute atomic E-state index is 0.353. The summed E-state index contributed by atoms with van der Waals surface area (Å²) in [6.07, 6.45) is 3.65. The third-order valence-corrected chi connectivity index (χ3v) is 4.27. The van der Waals surface area contributed by atoms with Crippen molar-refractivity contribution >= 4 is 17.2 Å². The molecule has 1 aromatic carbocycles. The molecule has 0 atom stereocenters. The summed E-state index contributed by atoms with van der Waals surface area (Å²) in [5.41, 5.74) is 6.83. The molecule has 0 bridgehead atoms. The molecule has 1 fully saturated rings. The Morgan fingerprint density at radius 3 is 2.90 bits per heavy atom. The molecule has 2 N–H and O–H groups in total. The van der Waals surface area contributed by atoms with E-state index in [-0.39, 0.29) is 0 Å². The number of hydrogen-bond acceptors (Lipinski definition) is 3. The van der Waals surface area contributed by atoms with Gasteiger partial charge in [0.1, 0.15) is 10.7 Å². The topological polar surface area (TPSA) is 38.5 Å². The Morgan fingerprint density at radius 1 is 1.45 bits per heavy atom. The molecule has 4 heteroatoms. The zero-order chi connectivity index (χ0) is 14.6. The van der Waals surface area contributed by atoms with Crippen molar-refractivity contribution in [3.05, 3.63) is 29.8 Å². The van der Waals surface area contributed by atoms with Crippen LogP contribution in [-0.2, 0) is 0 Å². The molecule has 0 radical (unpaired) electrons. The SMILES string of the molecule is CC1(C)CCCN1CCCOc1cccc(C(N)=S)c1. The fourth-order valence-corrected chi connectivity index (χ4v) is 2.89. The standard InChI is InChI=1S/C16H24N2OS/c1-16(2)8-4-9-18(16)10-5-11-19-14-7-3-6-13(12-14)15(17)20/h3,6-7,12H,4-5,8-11H2,1-2H3,(H2,17,20). The predicted octanol–water partition coefficient (Wildman–Crippen LogP) is 2.96. The Kier molecular flexibility index (Phi) is 5.00. The van der Waals surface area contributed by atoms with Gasteiger partial charge in [0, 0.05) is 17.6 Å². The molecule has 0 spiro atoms. The molecule has 0 unspecified atom stereocenters. The van der Waals surface area contributed by atoms with Crippen molar-refractivity contribution in [1.29, 1.82) is 0 Å². The molecule has 1 heterocycles. The highest BCUT2D eigenvalue weighted by Gasteiger charge is 2.30. The first-order chi connectivity index (χ1) is 9.49. The van der Waals surface area contributed by atoms with Crippen molar-refractivity contribution < 1.29 is 4.74 Å². The molecule has 1 saturated heterocycles. The van der Waals surface area contributed by atoms with Crippen LogP contribution in [0.3, 0.4) is 0 Å². The normalized spacial score (nSPS) is 18.1. The largest absolute Gasteiger partial charge is 0.494 e. The summed E-state index contributed by atoms with van der Waals surface area (Å²) in [6, 6.07) is 7.68. The van der Waals surface area contributed by atoms with E-state index in [4.69, 9.17) is 22.7 Å². The Labute approximate surface area is 127 Å². The van der Waals surface area contributed by atoms with E-state index in [2.05, 4.69) is 18.7 Å². The first-order valence-electron chi connectivity index (χ1n) is 7.27. The Hall–Kier alpha value is -1.13. The second-order valence-corrected chi connectivity index (χ2v) is 6.44. The van der Waals surface area contributed by atoms with Crippen molar-refractivity contribution in [3.8, 4) is 5.75 Å². The Bertz CT molecular complexity index is 473. The van der Waals surface area contributed by atoms with Crippen molar-refractivity contribution in [2.45, 2.75) is 38.6 Å². The van der Waals surface area contributed by atoms with Gasteiger partial charge in [-0.15, -0.1) is 0 Å². The van der Waals surface area contributed by atoms with E-state index in [9.17, 15) is 0 Å². The maximum absolute atomic E-state index is 5.78. The minimum Gasteiger partial charge on any atom is -0.494 e. The van der Waals surface area contributed by atoms with Gasteiger partial charge in [-0.2, -0.15) is 0 Å². The molecular formula is C16H24N2OS. The lowest BCUT2D eigenvalue weighted by Gasteiger charge is -2.31. The predicted molar refractivity (Wildman–Crippen MR) is 87.3 cm³/mol. The molecule has 3 nitrogen and oxygen atoms in total. The number of likely N-dealkylation sites (tertiary alicyclic amines) is 1. The van der Waals surface area contributed by atoms with Crippen LogP contribution in [0.4, 0.5) is 0 Å². The van der Waals surface area contributed by atoms with E-state index >= 15 is 0 Å². The summed E-state index contributed by atoms with van der Waals surface area (Å²) in [5, 5.41) is 0. The van der Waals surface area contributed by atoms with Gasteiger partial charge in [-0.05, 0) is 51.8 Å². The summed E-state index contributed by atoms with van der Waals surface area (Å²) in [7, 11) is 0. The van der Waals surface area contributed by atoms with E-state index < -0.39 is 0 Å².